The molecule has 8 heteroatoms. The minimum Gasteiger partial charge on any atom is -0.343 e. The van der Waals surface area contributed by atoms with Crippen LogP contribution in [0.4, 0.5) is 5.69 Å². The maximum absolute atomic E-state index is 11.7. The molecule has 0 aliphatic heterocycles. The SMILES string of the molecule is Cc1ncc(CNC(=O)C(=O)Nc2ccc(Cl)cc2Cl)s1. The first kappa shape index (κ1) is 15.8. The summed E-state index contributed by atoms with van der Waals surface area (Å²) in [6, 6.07) is 4.58. The third-order valence-corrected chi connectivity index (χ3v) is 3.94. The number of aryl methyl sites for hydroxylation is 1. The van der Waals surface area contributed by atoms with Gasteiger partial charge in [-0.2, -0.15) is 0 Å². The number of benzene rings is 1. The van der Waals surface area contributed by atoms with Gasteiger partial charge < -0.3 is 10.6 Å². The number of carbonyl (C=O) groups excluding carboxylic acids is 2. The summed E-state index contributed by atoms with van der Waals surface area (Å²) in [5, 5.41) is 6.55. The van der Waals surface area contributed by atoms with Crippen molar-refractivity contribution in [2.24, 2.45) is 0 Å². The summed E-state index contributed by atoms with van der Waals surface area (Å²) < 4.78 is 0. The van der Waals surface area contributed by atoms with Crippen LogP contribution in [0.2, 0.25) is 10.0 Å². The highest BCUT2D eigenvalue weighted by Crippen LogP contribution is 2.25. The van der Waals surface area contributed by atoms with Crippen molar-refractivity contribution >= 4 is 52.0 Å². The van der Waals surface area contributed by atoms with Gasteiger partial charge in [-0.25, -0.2) is 4.98 Å². The number of halogens is 2. The van der Waals surface area contributed by atoms with Crippen LogP contribution in [-0.4, -0.2) is 16.8 Å². The Balaban J connectivity index is 1.91. The first-order valence-electron chi connectivity index (χ1n) is 5.91. The van der Waals surface area contributed by atoms with Gasteiger partial charge in [0.05, 0.1) is 22.3 Å². The molecule has 0 saturated carbocycles. The molecule has 2 amide bonds. The van der Waals surface area contributed by atoms with Gasteiger partial charge in [0.1, 0.15) is 0 Å². The molecule has 2 rings (SSSR count). The van der Waals surface area contributed by atoms with Gasteiger partial charge in [0, 0.05) is 16.1 Å². The number of rotatable bonds is 3. The molecule has 0 atom stereocenters. The lowest BCUT2D eigenvalue weighted by molar-refractivity contribution is -0.136. The van der Waals surface area contributed by atoms with Gasteiger partial charge in [-0.1, -0.05) is 23.2 Å². The number of hydrogen-bond donors (Lipinski definition) is 2. The molecule has 0 bridgehead atoms. The lowest BCUT2D eigenvalue weighted by atomic mass is 10.3. The molecule has 0 aliphatic rings. The standard InChI is InChI=1S/C13H11Cl2N3O2S/c1-7-16-5-9(21-7)6-17-12(19)13(20)18-11-3-2-8(14)4-10(11)15/h2-5H,6H2,1H3,(H,17,19)(H,18,20). The van der Waals surface area contributed by atoms with Gasteiger partial charge in [-0.3, -0.25) is 9.59 Å². The highest BCUT2D eigenvalue weighted by Gasteiger charge is 2.15. The van der Waals surface area contributed by atoms with E-state index in [-0.39, 0.29) is 11.6 Å². The summed E-state index contributed by atoms with van der Waals surface area (Å²) in [4.78, 5) is 28.4. The molecule has 0 radical (unpaired) electrons. The van der Waals surface area contributed by atoms with E-state index in [2.05, 4.69) is 15.6 Å². The Morgan fingerprint density at radius 1 is 1.29 bits per heavy atom. The Morgan fingerprint density at radius 2 is 2.05 bits per heavy atom. The quantitative estimate of drug-likeness (QED) is 0.841. The Labute approximate surface area is 135 Å². The molecule has 5 nitrogen and oxygen atoms in total. The van der Waals surface area contributed by atoms with E-state index >= 15 is 0 Å². The van der Waals surface area contributed by atoms with Crippen molar-refractivity contribution in [2.45, 2.75) is 13.5 Å². The van der Waals surface area contributed by atoms with Gasteiger partial charge in [0.25, 0.3) is 0 Å². The number of amides is 2. The fourth-order valence-corrected chi connectivity index (χ4v) is 2.69. The van der Waals surface area contributed by atoms with E-state index in [0.717, 1.165) is 9.88 Å². The van der Waals surface area contributed by atoms with Crippen molar-refractivity contribution in [3.05, 3.63) is 44.3 Å². The van der Waals surface area contributed by atoms with Crippen LogP contribution in [0.25, 0.3) is 0 Å². The first-order chi connectivity index (χ1) is 9.95. The number of aromatic nitrogens is 1. The molecule has 1 aromatic carbocycles. The molecule has 0 spiro atoms. The summed E-state index contributed by atoms with van der Waals surface area (Å²) >= 11 is 13.1. The Kier molecular flexibility index (Phi) is 5.17. The van der Waals surface area contributed by atoms with Crippen molar-refractivity contribution in [1.82, 2.24) is 10.3 Å². The minimum absolute atomic E-state index is 0.256. The van der Waals surface area contributed by atoms with Crippen LogP contribution in [0.3, 0.4) is 0 Å². The third kappa shape index (κ3) is 4.42. The fraction of sp³-hybridized carbons (Fsp3) is 0.154. The lowest BCUT2D eigenvalue weighted by Gasteiger charge is -2.07. The van der Waals surface area contributed by atoms with Crippen molar-refractivity contribution < 1.29 is 9.59 Å². The molecule has 2 aromatic rings. The van der Waals surface area contributed by atoms with E-state index in [1.165, 1.54) is 23.5 Å². The highest BCUT2D eigenvalue weighted by atomic mass is 35.5. The number of hydrogen-bond acceptors (Lipinski definition) is 4. The Bertz CT molecular complexity index is 688. The van der Waals surface area contributed by atoms with Crippen LogP contribution in [0.1, 0.15) is 9.88 Å². The monoisotopic (exact) mass is 343 g/mol. The number of thiazole rings is 1. The zero-order valence-corrected chi connectivity index (χ0v) is 13.3. The Morgan fingerprint density at radius 3 is 2.67 bits per heavy atom. The van der Waals surface area contributed by atoms with Crippen LogP contribution in [-0.2, 0) is 16.1 Å². The molecule has 0 unspecified atom stereocenters. The molecule has 110 valence electrons. The van der Waals surface area contributed by atoms with Gasteiger partial charge in [-0.05, 0) is 25.1 Å². The zero-order chi connectivity index (χ0) is 15.4. The largest absolute Gasteiger partial charge is 0.343 e. The first-order valence-corrected chi connectivity index (χ1v) is 7.48. The van der Waals surface area contributed by atoms with E-state index in [0.29, 0.717) is 10.7 Å². The third-order valence-electron chi connectivity index (χ3n) is 2.48. The fourth-order valence-electron chi connectivity index (χ4n) is 1.50. The van der Waals surface area contributed by atoms with Crippen LogP contribution in [0.15, 0.2) is 24.4 Å². The molecule has 1 aromatic heterocycles. The molecular formula is C13H11Cl2N3O2S. The van der Waals surface area contributed by atoms with Gasteiger partial charge in [0.2, 0.25) is 0 Å². The predicted octanol–water partition coefficient (Wildman–Crippen LogP) is 3.01. The van der Waals surface area contributed by atoms with E-state index in [1.54, 1.807) is 12.3 Å². The van der Waals surface area contributed by atoms with Gasteiger partial charge in [-0.15, -0.1) is 11.3 Å². The van der Waals surface area contributed by atoms with Crippen molar-refractivity contribution in [2.75, 3.05) is 5.32 Å². The van der Waals surface area contributed by atoms with Crippen molar-refractivity contribution in [3.8, 4) is 0 Å². The molecule has 0 aliphatic carbocycles. The summed E-state index contributed by atoms with van der Waals surface area (Å²) in [6.45, 7) is 2.12. The van der Waals surface area contributed by atoms with Crippen LogP contribution >= 0.6 is 34.5 Å². The molecule has 1 heterocycles. The van der Waals surface area contributed by atoms with E-state index < -0.39 is 11.8 Å². The Hall–Kier alpha value is -1.63. The average molecular weight is 344 g/mol. The molecule has 0 fully saturated rings. The number of nitrogens with one attached hydrogen (secondary N) is 2. The number of anilines is 1. The molecule has 21 heavy (non-hydrogen) atoms. The summed E-state index contributed by atoms with van der Waals surface area (Å²) in [7, 11) is 0. The summed E-state index contributed by atoms with van der Waals surface area (Å²) in [6.07, 6.45) is 1.66. The van der Waals surface area contributed by atoms with Crippen LogP contribution in [0.5, 0.6) is 0 Å². The summed E-state index contributed by atoms with van der Waals surface area (Å²) in [5.74, 6) is -1.53. The second-order valence-electron chi connectivity index (χ2n) is 4.11. The topological polar surface area (TPSA) is 71.1 Å². The van der Waals surface area contributed by atoms with Crippen molar-refractivity contribution in [3.63, 3.8) is 0 Å². The zero-order valence-electron chi connectivity index (χ0n) is 10.9. The van der Waals surface area contributed by atoms with E-state index in [1.807, 2.05) is 6.92 Å². The van der Waals surface area contributed by atoms with Gasteiger partial charge >= 0.3 is 11.8 Å². The number of carbonyl (C=O) groups is 2. The average Bonchev–Trinajstić information content (AvgIpc) is 2.85. The van der Waals surface area contributed by atoms with Crippen LogP contribution < -0.4 is 10.6 Å². The van der Waals surface area contributed by atoms with Crippen molar-refractivity contribution in [1.29, 1.82) is 0 Å². The van der Waals surface area contributed by atoms with Crippen LogP contribution in [0, 0.1) is 6.92 Å². The maximum atomic E-state index is 11.7. The smallest absolute Gasteiger partial charge is 0.313 e. The minimum atomic E-state index is -0.791. The lowest BCUT2D eigenvalue weighted by Crippen LogP contribution is -2.34. The number of nitrogens with zero attached hydrogens (tertiary/aromatic N) is 1. The predicted molar refractivity (Wildman–Crippen MR) is 83.8 cm³/mol. The summed E-state index contributed by atoms with van der Waals surface area (Å²) in [5.41, 5.74) is 0.329. The highest BCUT2D eigenvalue weighted by molar-refractivity contribution is 7.11. The second kappa shape index (κ2) is 6.89. The molecule has 2 N–H and O–H groups in total. The second-order valence-corrected chi connectivity index (χ2v) is 6.27. The maximum Gasteiger partial charge on any atom is 0.313 e. The normalized spacial score (nSPS) is 10.2. The molecular weight excluding hydrogens is 333 g/mol. The van der Waals surface area contributed by atoms with E-state index in [9.17, 15) is 9.59 Å². The van der Waals surface area contributed by atoms with E-state index in [4.69, 9.17) is 23.2 Å². The van der Waals surface area contributed by atoms with Gasteiger partial charge in [0.15, 0.2) is 0 Å². The molecule has 0 saturated heterocycles.